The standard InChI is InChI=1S/C18H21N3/c1-12(2)16-7-5-4-6-15(16)10-13(3)14-8-9-17-18(11-14)20-21-19-17/h4-9,11-13H,10H2,1-3H3,(H,19,20,21). The molecule has 3 heteroatoms. The van der Waals surface area contributed by atoms with E-state index >= 15 is 0 Å². The van der Waals surface area contributed by atoms with E-state index in [4.69, 9.17) is 0 Å². The summed E-state index contributed by atoms with van der Waals surface area (Å²) in [5.74, 6) is 1.03. The zero-order valence-electron chi connectivity index (χ0n) is 12.8. The van der Waals surface area contributed by atoms with E-state index in [-0.39, 0.29) is 0 Å². The number of nitrogens with one attached hydrogen (secondary N) is 1. The average Bonchev–Trinajstić information content (AvgIpc) is 2.94. The maximum Gasteiger partial charge on any atom is 0.113 e. The minimum Gasteiger partial charge on any atom is -0.197 e. The third-order valence-electron chi connectivity index (χ3n) is 4.11. The van der Waals surface area contributed by atoms with Gasteiger partial charge in [0, 0.05) is 0 Å². The Morgan fingerprint density at radius 3 is 2.52 bits per heavy atom. The first-order valence-corrected chi connectivity index (χ1v) is 7.53. The fourth-order valence-electron chi connectivity index (χ4n) is 2.89. The van der Waals surface area contributed by atoms with Gasteiger partial charge in [0.05, 0.1) is 0 Å². The Balaban J connectivity index is 1.87. The summed E-state index contributed by atoms with van der Waals surface area (Å²) < 4.78 is 0. The molecule has 1 aromatic heterocycles. The smallest absolute Gasteiger partial charge is 0.113 e. The summed E-state index contributed by atoms with van der Waals surface area (Å²) >= 11 is 0. The van der Waals surface area contributed by atoms with Crippen molar-refractivity contribution in [2.75, 3.05) is 0 Å². The molecule has 1 atom stereocenters. The van der Waals surface area contributed by atoms with Crippen LogP contribution in [0.25, 0.3) is 11.0 Å². The van der Waals surface area contributed by atoms with Crippen molar-refractivity contribution in [3.05, 3.63) is 59.2 Å². The summed E-state index contributed by atoms with van der Waals surface area (Å²) in [6.45, 7) is 6.79. The molecule has 0 saturated heterocycles. The lowest BCUT2D eigenvalue weighted by molar-refractivity contribution is 0.738. The first-order chi connectivity index (χ1) is 10.1. The van der Waals surface area contributed by atoms with Crippen LogP contribution in [0.2, 0.25) is 0 Å². The lowest BCUT2D eigenvalue weighted by Gasteiger charge is -2.17. The van der Waals surface area contributed by atoms with E-state index in [2.05, 4.69) is 72.6 Å². The highest BCUT2D eigenvalue weighted by Gasteiger charge is 2.12. The number of rotatable bonds is 4. The molecule has 3 aromatic rings. The Morgan fingerprint density at radius 1 is 0.952 bits per heavy atom. The van der Waals surface area contributed by atoms with E-state index in [1.165, 1.54) is 16.7 Å². The van der Waals surface area contributed by atoms with Crippen LogP contribution in [-0.2, 0) is 6.42 Å². The molecule has 0 aliphatic rings. The molecule has 0 bridgehead atoms. The second-order valence-corrected chi connectivity index (χ2v) is 6.03. The van der Waals surface area contributed by atoms with E-state index in [0.29, 0.717) is 11.8 Å². The van der Waals surface area contributed by atoms with Crippen LogP contribution in [0.3, 0.4) is 0 Å². The molecule has 0 fully saturated rings. The second kappa shape index (κ2) is 5.68. The number of fused-ring (bicyclic) bond motifs is 1. The molecule has 21 heavy (non-hydrogen) atoms. The van der Waals surface area contributed by atoms with E-state index < -0.39 is 0 Å². The molecular formula is C18H21N3. The number of nitrogens with zero attached hydrogens (tertiary/aromatic N) is 2. The molecule has 0 aliphatic carbocycles. The van der Waals surface area contributed by atoms with Crippen LogP contribution in [0.1, 0.15) is 49.3 Å². The number of aromatic amines is 1. The Labute approximate surface area is 125 Å². The Bertz CT molecular complexity index is 743. The van der Waals surface area contributed by atoms with Crippen LogP contribution in [0.4, 0.5) is 0 Å². The third-order valence-corrected chi connectivity index (χ3v) is 4.11. The van der Waals surface area contributed by atoms with Gasteiger partial charge < -0.3 is 0 Å². The van der Waals surface area contributed by atoms with Gasteiger partial charge in [-0.25, -0.2) is 0 Å². The van der Waals surface area contributed by atoms with Crippen LogP contribution in [0.5, 0.6) is 0 Å². The fraction of sp³-hybridized carbons (Fsp3) is 0.333. The van der Waals surface area contributed by atoms with Crippen molar-refractivity contribution in [3.8, 4) is 0 Å². The maximum absolute atomic E-state index is 4.18. The molecule has 108 valence electrons. The Morgan fingerprint density at radius 2 is 1.71 bits per heavy atom. The summed E-state index contributed by atoms with van der Waals surface area (Å²) in [5, 5.41) is 11.0. The molecule has 0 aliphatic heterocycles. The van der Waals surface area contributed by atoms with E-state index in [0.717, 1.165) is 17.5 Å². The topological polar surface area (TPSA) is 41.6 Å². The van der Waals surface area contributed by atoms with Crippen molar-refractivity contribution in [2.45, 2.75) is 39.0 Å². The Hall–Kier alpha value is -2.16. The van der Waals surface area contributed by atoms with Gasteiger partial charge in [-0.15, -0.1) is 0 Å². The summed E-state index contributed by atoms with van der Waals surface area (Å²) in [7, 11) is 0. The highest BCUT2D eigenvalue weighted by molar-refractivity contribution is 5.74. The van der Waals surface area contributed by atoms with Gasteiger partial charge in [-0.3, -0.25) is 0 Å². The van der Waals surface area contributed by atoms with Crippen LogP contribution in [-0.4, -0.2) is 15.4 Å². The van der Waals surface area contributed by atoms with Crippen molar-refractivity contribution in [3.63, 3.8) is 0 Å². The fourth-order valence-corrected chi connectivity index (χ4v) is 2.89. The van der Waals surface area contributed by atoms with Crippen molar-refractivity contribution in [2.24, 2.45) is 0 Å². The molecule has 0 radical (unpaired) electrons. The molecule has 2 aromatic carbocycles. The molecule has 3 rings (SSSR count). The van der Waals surface area contributed by atoms with Crippen molar-refractivity contribution >= 4 is 11.0 Å². The van der Waals surface area contributed by atoms with Gasteiger partial charge in [0.25, 0.3) is 0 Å². The Kier molecular flexibility index (Phi) is 3.74. The van der Waals surface area contributed by atoms with Gasteiger partial charge in [0.2, 0.25) is 0 Å². The molecule has 0 spiro atoms. The van der Waals surface area contributed by atoms with Crippen molar-refractivity contribution < 1.29 is 0 Å². The summed E-state index contributed by atoms with van der Waals surface area (Å²) in [6, 6.07) is 15.1. The largest absolute Gasteiger partial charge is 0.197 e. The monoisotopic (exact) mass is 279 g/mol. The van der Waals surface area contributed by atoms with Gasteiger partial charge in [-0.2, -0.15) is 15.4 Å². The van der Waals surface area contributed by atoms with Crippen LogP contribution < -0.4 is 0 Å². The molecule has 3 nitrogen and oxygen atoms in total. The lowest BCUT2D eigenvalue weighted by atomic mass is 9.88. The molecule has 0 amide bonds. The molecular weight excluding hydrogens is 258 g/mol. The second-order valence-electron chi connectivity index (χ2n) is 6.03. The molecule has 1 unspecified atom stereocenters. The summed E-state index contributed by atoms with van der Waals surface area (Å²) in [6.07, 6.45) is 1.05. The van der Waals surface area contributed by atoms with Gasteiger partial charge in [0.1, 0.15) is 11.0 Å². The number of benzene rings is 2. The molecule has 1 N–H and O–H groups in total. The van der Waals surface area contributed by atoms with Crippen molar-refractivity contribution in [1.29, 1.82) is 0 Å². The highest BCUT2D eigenvalue weighted by Crippen LogP contribution is 2.27. The van der Waals surface area contributed by atoms with E-state index in [1.807, 2.05) is 6.07 Å². The van der Waals surface area contributed by atoms with Gasteiger partial charge in [-0.05, 0) is 47.1 Å². The highest BCUT2D eigenvalue weighted by atomic mass is 15.3. The zero-order valence-corrected chi connectivity index (χ0v) is 12.8. The predicted octanol–water partition coefficient (Wildman–Crippen LogP) is 4.43. The predicted molar refractivity (Wildman–Crippen MR) is 86.5 cm³/mol. The molecule has 1 heterocycles. The van der Waals surface area contributed by atoms with Gasteiger partial charge in [0.15, 0.2) is 0 Å². The van der Waals surface area contributed by atoms with E-state index in [1.54, 1.807) is 0 Å². The summed E-state index contributed by atoms with van der Waals surface area (Å²) in [5.41, 5.74) is 6.08. The quantitative estimate of drug-likeness (QED) is 0.767. The molecule has 0 saturated carbocycles. The SMILES string of the molecule is CC(C)c1ccccc1CC(C)c1ccc2n[nH]nc2c1. The van der Waals surface area contributed by atoms with Gasteiger partial charge in [-0.1, -0.05) is 51.1 Å². The average molecular weight is 279 g/mol. The van der Waals surface area contributed by atoms with E-state index in [9.17, 15) is 0 Å². The third kappa shape index (κ3) is 2.82. The van der Waals surface area contributed by atoms with Crippen LogP contribution in [0, 0.1) is 0 Å². The van der Waals surface area contributed by atoms with Crippen molar-refractivity contribution in [1.82, 2.24) is 15.4 Å². The normalized spacial score (nSPS) is 13.0. The number of hydrogen-bond donors (Lipinski definition) is 1. The maximum atomic E-state index is 4.18. The minimum atomic E-state index is 0.464. The first-order valence-electron chi connectivity index (χ1n) is 7.53. The minimum absolute atomic E-state index is 0.464. The zero-order chi connectivity index (χ0) is 14.8. The van der Waals surface area contributed by atoms with Crippen LogP contribution in [0.15, 0.2) is 42.5 Å². The number of H-pyrrole nitrogens is 1. The number of hydrogen-bond acceptors (Lipinski definition) is 2. The first kappa shape index (κ1) is 13.8. The number of aromatic nitrogens is 3. The lowest BCUT2D eigenvalue weighted by Crippen LogP contribution is -2.03. The summed E-state index contributed by atoms with van der Waals surface area (Å²) in [4.78, 5) is 0. The van der Waals surface area contributed by atoms with Crippen LogP contribution >= 0.6 is 0 Å². The van der Waals surface area contributed by atoms with Gasteiger partial charge >= 0.3 is 0 Å².